The molecule has 6 nitrogen and oxygen atoms in total. The molecule has 1 aromatic heterocycles. The Hall–Kier alpha value is -1.82. The Morgan fingerprint density at radius 3 is 2.50 bits per heavy atom. The highest BCUT2D eigenvalue weighted by Crippen LogP contribution is 2.21. The van der Waals surface area contributed by atoms with Gasteiger partial charge < -0.3 is 9.64 Å². The highest BCUT2D eigenvalue weighted by molar-refractivity contribution is 6.31. The number of hydrogen-bond donors (Lipinski definition) is 0. The van der Waals surface area contributed by atoms with Crippen LogP contribution in [0.5, 0.6) is 0 Å². The largest absolute Gasteiger partial charge is 0.469 e. The van der Waals surface area contributed by atoms with Gasteiger partial charge in [-0.15, -0.1) is 0 Å². The molecule has 0 spiro atoms. The summed E-state index contributed by atoms with van der Waals surface area (Å²) in [5, 5.41) is 4.70. The maximum Gasteiger partial charge on any atom is 0.308 e. The zero-order chi connectivity index (χ0) is 16.3. The van der Waals surface area contributed by atoms with Gasteiger partial charge in [-0.2, -0.15) is 5.10 Å². The lowest BCUT2D eigenvalue weighted by atomic mass is 9.97. The molecule has 1 fully saturated rings. The first-order valence-electron chi connectivity index (χ1n) is 7.18. The zero-order valence-corrected chi connectivity index (χ0v) is 13.8. The molecule has 1 amide bonds. The number of esters is 1. The van der Waals surface area contributed by atoms with E-state index in [2.05, 4.69) is 5.10 Å². The van der Waals surface area contributed by atoms with E-state index in [1.807, 2.05) is 6.92 Å². The summed E-state index contributed by atoms with van der Waals surface area (Å²) in [7, 11) is 3.15. The van der Waals surface area contributed by atoms with E-state index in [1.165, 1.54) is 13.2 Å². The first-order valence-corrected chi connectivity index (χ1v) is 7.55. The second-order valence-corrected chi connectivity index (χ2v) is 5.73. The monoisotopic (exact) mass is 325 g/mol. The van der Waals surface area contributed by atoms with Crippen LogP contribution in [0.1, 0.15) is 24.1 Å². The fraction of sp³-hybridized carbons (Fsp3) is 0.533. The van der Waals surface area contributed by atoms with Gasteiger partial charge in [0.05, 0.1) is 18.7 Å². The summed E-state index contributed by atoms with van der Waals surface area (Å²) in [5.74, 6) is -0.379. The van der Waals surface area contributed by atoms with Crippen molar-refractivity contribution in [2.75, 3.05) is 20.2 Å². The topological polar surface area (TPSA) is 64.4 Å². The third-order valence-corrected chi connectivity index (χ3v) is 4.38. The molecule has 2 heterocycles. The number of ether oxygens (including phenoxy) is 1. The van der Waals surface area contributed by atoms with Gasteiger partial charge in [0.15, 0.2) is 0 Å². The number of carbonyl (C=O) groups excluding carboxylic acids is 2. The Bertz CT molecular complexity index is 601. The number of piperidine rings is 1. The molecule has 120 valence electrons. The number of methoxy groups -OCH3 is 1. The molecular weight excluding hydrogens is 306 g/mol. The van der Waals surface area contributed by atoms with Crippen molar-refractivity contribution in [2.45, 2.75) is 19.8 Å². The van der Waals surface area contributed by atoms with Crippen molar-refractivity contribution < 1.29 is 14.3 Å². The molecular formula is C15H20ClN3O3. The first-order chi connectivity index (χ1) is 10.4. The van der Waals surface area contributed by atoms with E-state index in [1.54, 1.807) is 22.7 Å². The van der Waals surface area contributed by atoms with Crippen molar-refractivity contribution in [2.24, 2.45) is 13.0 Å². The fourth-order valence-electron chi connectivity index (χ4n) is 2.60. The number of halogens is 1. The van der Waals surface area contributed by atoms with Gasteiger partial charge in [-0.25, -0.2) is 0 Å². The summed E-state index contributed by atoms with van der Waals surface area (Å²) in [5.41, 5.74) is 1.53. The summed E-state index contributed by atoms with van der Waals surface area (Å²) in [6.07, 6.45) is 4.48. The summed E-state index contributed by atoms with van der Waals surface area (Å²) >= 11 is 6.13. The molecule has 1 aliphatic rings. The summed E-state index contributed by atoms with van der Waals surface area (Å²) in [4.78, 5) is 25.4. The quantitative estimate of drug-likeness (QED) is 0.628. The molecule has 0 radical (unpaired) electrons. The van der Waals surface area contributed by atoms with E-state index in [0.29, 0.717) is 31.1 Å². The van der Waals surface area contributed by atoms with Gasteiger partial charge in [-0.1, -0.05) is 11.6 Å². The highest BCUT2D eigenvalue weighted by Gasteiger charge is 2.27. The average molecular weight is 326 g/mol. The van der Waals surface area contributed by atoms with Crippen LogP contribution in [-0.2, 0) is 21.4 Å². The zero-order valence-electron chi connectivity index (χ0n) is 13.0. The number of amides is 1. The third-order valence-electron chi connectivity index (χ3n) is 3.93. The third kappa shape index (κ3) is 3.50. The van der Waals surface area contributed by atoms with E-state index >= 15 is 0 Å². The van der Waals surface area contributed by atoms with Crippen molar-refractivity contribution in [3.8, 4) is 0 Å². The Morgan fingerprint density at radius 2 is 2.00 bits per heavy atom. The molecule has 0 bridgehead atoms. The van der Waals surface area contributed by atoms with E-state index in [0.717, 1.165) is 11.3 Å². The molecule has 0 saturated carbocycles. The number of hydrogen-bond acceptors (Lipinski definition) is 4. The lowest BCUT2D eigenvalue weighted by molar-refractivity contribution is -0.148. The molecule has 7 heteroatoms. The lowest BCUT2D eigenvalue weighted by Gasteiger charge is -2.29. The average Bonchev–Trinajstić information content (AvgIpc) is 2.77. The van der Waals surface area contributed by atoms with Crippen LogP contribution in [0.4, 0.5) is 0 Å². The van der Waals surface area contributed by atoms with E-state index in [9.17, 15) is 9.59 Å². The second-order valence-electron chi connectivity index (χ2n) is 5.37. The second kappa shape index (κ2) is 6.96. The van der Waals surface area contributed by atoms with Crippen molar-refractivity contribution >= 4 is 29.6 Å². The SMILES string of the molecule is COC(=O)C1CCN(C(=O)/C=C/c2c(C)nn(C)c2Cl)CC1. The minimum Gasteiger partial charge on any atom is -0.469 e. The molecule has 0 atom stereocenters. The molecule has 0 unspecified atom stereocenters. The Kier molecular flexibility index (Phi) is 5.24. The van der Waals surface area contributed by atoms with Crippen LogP contribution in [-0.4, -0.2) is 46.8 Å². The van der Waals surface area contributed by atoms with Gasteiger partial charge in [0.2, 0.25) is 5.91 Å². The molecule has 1 aliphatic heterocycles. The number of likely N-dealkylation sites (tertiary alicyclic amines) is 1. The number of aromatic nitrogens is 2. The highest BCUT2D eigenvalue weighted by atomic mass is 35.5. The first kappa shape index (κ1) is 16.5. The number of carbonyl (C=O) groups is 2. The normalized spacial score (nSPS) is 16.3. The minimum atomic E-state index is -0.194. The lowest BCUT2D eigenvalue weighted by Crippen LogP contribution is -2.39. The standard InChI is InChI=1S/C15H20ClN3O3/c1-10-12(14(16)18(2)17-10)4-5-13(20)19-8-6-11(7-9-19)15(21)22-3/h4-5,11H,6-9H2,1-3H3/b5-4+. The maximum absolute atomic E-state index is 12.2. The number of rotatable bonds is 3. The van der Waals surface area contributed by atoms with Crippen LogP contribution in [0.2, 0.25) is 5.15 Å². The molecule has 0 N–H and O–H groups in total. The Morgan fingerprint density at radius 1 is 1.36 bits per heavy atom. The Labute approximate surface area is 134 Å². The van der Waals surface area contributed by atoms with Gasteiger partial charge in [-0.05, 0) is 25.8 Å². The summed E-state index contributed by atoms with van der Waals surface area (Å²) < 4.78 is 6.31. The molecule has 2 rings (SSSR count). The van der Waals surface area contributed by atoms with Crippen LogP contribution < -0.4 is 0 Å². The van der Waals surface area contributed by atoms with Gasteiger partial charge in [-0.3, -0.25) is 14.3 Å². The summed E-state index contributed by atoms with van der Waals surface area (Å²) in [6.45, 7) is 2.96. The van der Waals surface area contributed by atoms with Crippen molar-refractivity contribution in [3.63, 3.8) is 0 Å². The van der Waals surface area contributed by atoms with E-state index in [4.69, 9.17) is 16.3 Å². The predicted molar refractivity (Wildman–Crippen MR) is 83.3 cm³/mol. The van der Waals surface area contributed by atoms with Gasteiger partial charge in [0, 0.05) is 31.8 Å². The van der Waals surface area contributed by atoms with Gasteiger partial charge in [0.25, 0.3) is 0 Å². The predicted octanol–water partition coefficient (Wildman–Crippen LogP) is 1.81. The van der Waals surface area contributed by atoms with Crippen LogP contribution in [0.3, 0.4) is 0 Å². The molecule has 0 aromatic carbocycles. The van der Waals surface area contributed by atoms with E-state index < -0.39 is 0 Å². The summed E-state index contributed by atoms with van der Waals surface area (Å²) in [6, 6.07) is 0. The van der Waals surface area contributed by atoms with Crippen molar-refractivity contribution in [3.05, 3.63) is 22.5 Å². The number of aryl methyl sites for hydroxylation is 2. The molecule has 1 aromatic rings. The van der Waals surface area contributed by atoms with Crippen molar-refractivity contribution in [1.82, 2.24) is 14.7 Å². The number of nitrogens with zero attached hydrogens (tertiary/aromatic N) is 3. The minimum absolute atomic E-state index is 0.0809. The van der Waals surface area contributed by atoms with Crippen LogP contribution in [0.25, 0.3) is 6.08 Å². The van der Waals surface area contributed by atoms with Gasteiger partial charge in [0.1, 0.15) is 5.15 Å². The van der Waals surface area contributed by atoms with Gasteiger partial charge >= 0.3 is 5.97 Å². The van der Waals surface area contributed by atoms with Crippen LogP contribution >= 0.6 is 11.6 Å². The smallest absolute Gasteiger partial charge is 0.308 e. The van der Waals surface area contributed by atoms with E-state index in [-0.39, 0.29) is 17.8 Å². The molecule has 22 heavy (non-hydrogen) atoms. The van der Waals surface area contributed by atoms with Crippen LogP contribution in [0.15, 0.2) is 6.08 Å². The van der Waals surface area contributed by atoms with Crippen LogP contribution in [0, 0.1) is 12.8 Å². The maximum atomic E-state index is 12.2. The fourth-order valence-corrected chi connectivity index (χ4v) is 2.84. The van der Waals surface area contributed by atoms with Crippen molar-refractivity contribution in [1.29, 1.82) is 0 Å². The molecule has 0 aliphatic carbocycles. The molecule has 1 saturated heterocycles. The Balaban J connectivity index is 1.96.